The van der Waals surface area contributed by atoms with Crippen LogP contribution in [0.2, 0.25) is 0 Å². The van der Waals surface area contributed by atoms with Crippen molar-refractivity contribution in [3.05, 3.63) is 0 Å². The topological polar surface area (TPSA) is 24.1 Å². The average Bonchev–Trinajstić information content (AvgIpc) is 3.10. The van der Waals surface area contributed by atoms with Crippen LogP contribution in [0.15, 0.2) is 0 Å². The van der Waals surface area contributed by atoms with Crippen LogP contribution in [0.4, 0.5) is 0 Å². The highest BCUT2D eigenvalue weighted by Crippen LogP contribution is 2.60. The summed E-state index contributed by atoms with van der Waals surface area (Å²) < 4.78 is 0. The second kappa shape index (κ2) is 3.74. The number of hydrogen-bond acceptors (Lipinski definition) is 2. The fourth-order valence-electron chi connectivity index (χ4n) is 3.23. The first-order chi connectivity index (χ1) is 7.30. The van der Waals surface area contributed by atoms with E-state index in [0.29, 0.717) is 0 Å². The quantitative estimate of drug-likeness (QED) is 0.719. The first kappa shape index (κ1) is 10.1. The minimum atomic E-state index is 0.736. The molecule has 2 aliphatic carbocycles. The molecule has 3 fully saturated rings. The fourth-order valence-corrected chi connectivity index (χ4v) is 3.23. The van der Waals surface area contributed by atoms with E-state index in [0.717, 1.165) is 23.3 Å². The van der Waals surface area contributed by atoms with Crippen molar-refractivity contribution < 1.29 is 0 Å². The summed E-state index contributed by atoms with van der Waals surface area (Å²) in [6, 6.07) is 0.736. The minimum absolute atomic E-state index is 0.736. The number of hydrogen-bond donors (Lipinski definition) is 2. The van der Waals surface area contributed by atoms with Gasteiger partial charge in [-0.05, 0) is 55.9 Å². The Kier molecular flexibility index (Phi) is 2.52. The summed E-state index contributed by atoms with van der Waals surface area (Å²) in [6.07, 6.45) is 7.39. The van der Waals surface area contributed by atoms with E-state index in [9.17, 15) is 0 Å². The van der Waals surface area contributed by atoms with Crippen LogP contribution in [-0.2, 0) is 0 Å². The van der Waals surface area contributed by atoms with Gasteiger partial charge in [0.1, 0.15) is 0 Å². The smallest absolute Gasteiger partial charge is 0.0218 e. The molecule has 2 nitrogen and oxygen atoms in total. The third-order valence-electron chi connectivity index (χ3n) is 4.87. The molecule has 15 heavy (non-hydrogen) atoms. The van der Waals surface area contributed by atoms with E-state index in [1.165, 1.54) is 51.7 Å². The summed E-state index contributed by atoms with van der Waals surface area (Å²) in [5, 5.41) is 7.31. The van der Waals surface area contributed by atoms with Gasteiger partial charge < -0.3 is 10.6 Å². The molecule has 0 aromatic carbocycles. The molecule has 0 spiro atoms. The van der Waals surface area contributed by atoms with Crippen LogP contribution >= 0.6 is 0 Å². The van der Waals surface area contributed by atoms with E-state index in [1.54, 1.807) is 0 Å². The molecule has 3 aliphatic rings. The predicted molar refractivity (Wildman–Crippen MR) is 62.8 cm³/mol. The van der Waals surface area contributed by atoms with Crippen LogP contribution in [-0.4, -0.2) is 25.7 Å². The van der Waals surface area contributed by atoms with Gasteiger partial charge >= 0.3 is 0 Å². The zero-order valence-corrected chi connectivity index (χ0v) is 9.89. The van der Waals surface area contributed by atoms with E-state index >= 15 is 0 Å². The maximum Gasteiger partial charge on any atom is 0.0218 e. The molecule has 0 amide bonds. The van der Waals surface area contributed by atoms with Crippen molar-refractivity contribution in [3.63, 3.8) is 0 Å². The van der Waals surface area contributed by atoms with Crippen molar-refractivity contribution in [2.75, 3.05) is 19.6 Å². The van der Waals surface area contributed by atoms with Crippen LogP contribution in [0.5, 0.6) is 0 Å². The average molecular weight is 208 g/mol. The zero-order chi connectivity index (χ0) is 10.3. The number of nitrogens with one attached hydrogen (secondary N) is 2. The van der Waals surface area contributed by atoms with Crippen molar-refractivity contribution in [2.24, 2.45) is 17.3 Å². The van der Waals surface area contributed by atoms with Gasteiger partial charge in [-0.15, -0.1) is 0 Å². The predicted octanol–water partition coefficient (Wildman–Crippen LogP) is 1.76. The third-order valence-corrected chi connectivity index (χ3v) is 4.87. The molecule has 0 radical (unpaired) electrons. The summed E-state index contributed by atoms with van der Waals surface area (Å²) in [5.74, 6) is 1.97. The van der Waals surface area contributed by atoms with Crippen LogP contribution in [0.1, 0.15) is 39.0 Å². The normalized spacial score (nSPS) is 38.2. The first-order valence-corrected chi connectivity index (χ1v) is 6.74. The molecule has 2 atom stereocenters. The molecule has 86 valence electrons. The molecule has 1 aliphatic heterocycles. The van der Waals surface area contributed by atoms with E-state index in [4.69, 9.17) is 0 Å². The van der Waals surface area contributed by atoms with Crippen LogP contribution in [0, 0.1) is 17.3 Å². The molecule has 1 saturated heterocycles. The zero-order valence-electron chi connectivity index (χ0n) is 9.89. The Balaban J connectivity index is 1.39. The lowest BCUT2D eigenvalue weighted by atomic mass is 9.99. The fraction of sp³-hybridized carbons (Fsp3) is 1.00. The first-order valence-electron chi connectivity index (χ1n) is 6.74. The third kappa shape index (κ3) is 2.07. The van der Waals surface area contributed by atoms with Gasteiger partial charge in [-0.1, -0.05) is 6.92 Å². The lowest BCUT2D eigenvalue weighted by Crippen LogP contribution is -2.39. The molecule has 0 aromatic heterocycles. The van der Waals surface area contributed by atoms with Gasteiger partial charge in [0.2, 0.25) is 0 Å². The van der Waals surface area contributed by atoms with Crippen LogP contribution < -0.4 is 10.6 Å². The summed E-state index contributed by atoms with van der Waals surface area (Å²) in [6.45, 7) is 6.08. The van der Waals surface area contributed by atoms with Gasteiger partial charge in [-0.25, -0.2) is 0 Å². The van der Waals surface area contributed by atoms with Gasteiger partial charge in [-0.3, -0.25) is 0 Å². The van der Waals surface area contributed by atoms with E-state index in [1.807, 2.05) is 0 Å². The van der Waals surface area contributed by atoms with E-state index < -0.39 is 0 Å². The van der Waals surface area contributed by atoms with Crippen molar-refractivity contribution in [2.45, 2.75) is 45.1 Å². The molecule has 1 heterocycles. The van der Waals surface area contributed by atoms with Crippen molar-refractivity contribution >= 4 is 0 Å². The summed E-state index contributed by atoms with van der Waals surface area (Å²) >= 11 is 0. The van der Waals surface area contributed by atoms with Crippen molar-refractivity contribution in [1.29, 1.82) is 0 Å². The number of rotatable bonds is 5. The minimum Gasteiger partial charge on any atom is -0.315 e. The second-order valence-electron chi connectivity index (χ2n) is 6.09. The van der Waals surface area contributed by atoms with Gasteiger partial charge in [0.25, 0.3) is 0 Å². The standard InChI is InChI=1S/C13H24N2/c1-10-4-7-15-12(10)8-14-9-13(5-6-13)11-2-3-11/h10-12,14-15H,2-9H2,1H3. The Bertz CT molecular complexity index is 231. The van der Waals surface area contributed by atoms with Gasteiger partial charge in [0.15, 0.2) is 0 Å². The monoisotopic (exact) mass is 208 g/mol. The van der Waals surface area contributed by atoms with Crippen molar-refractivity contribution in [1.82, 2.24) is 10.6 Å². The Morgan fingerprint density at radius 1 is 1.27 bits per heavy atom. The summed E-state index contributed by atoms with van der Waals surface area (Å²) in [4.78, 5) is 0. The molecule has 0 aromatic rings. The van der Waals surface area contributed by atoms with E-state index in [-0.39, 0.29) is 0 Å². The molecular weight excluding hydrogens is 184 g/mol. The lowest BCUT2D eigenvalue weighted by Gasteiger charge is -2.20. The summed E-state index contributed by atoms with van der Waals surface area (Å²) in [5.41, 5.74) is 0.766. The molecule has 0 bridgehead atoms. The Hall–Kier alpha value is -0.0800. The highest BCUT2D eigenvalue weighted by molar-refractivity contribution is 5.05. The molecular formula is C13H24N2. The Morgan fingerprint density at radius 3 is 2.60 bits per heavy atom. The second-order valence-corrected chi connectivity index (χ2v) is 6.09. The van der Waals surface area contributed by atoms with Gasteiger partial charge in [0, 0.05) is 19.1 Å². The highest BCUT2D eigenvalue weighted by atomic mass is 15.0. The summed E-state index contributed by atoms with van der Waals surface area (Å²) in [7, 11) is 0. The molecule has 2 heteroatoms. The van der Waals surface area contributed by atoms with Crippen LogP contribution in [0.25, 0.3) is 0 Å². The van der Waals surface area contributed by atoms with Crippen LogP contribution in [0.3, 0.4) is 0 Å². The Labute approximate surface area is 93.2 Å². The Morgan fingerprint density at radius 2 is 2.07 bits per heavy atom. The molecule has 2 saturated carbocycles. The van der Waals surface area contributed by atoms with Gasteiger partial charge in [-0.2, -0.15) is 0 Å². The highest BCUT2D eigenvalue weighted by Gasteiger charge is 2.53. The molecule has 2 N–H and O–H groups in total. The van der Waals surface area contributed by atoms with Gasteiger partial charge in [0.05, 0.1) is 0 Å². The lowest BCUT2D eigenvalue weighted by molar-refractivity contribution is 0.373. The maximum atomic E-state index is 3.72. The maximum absolute atomic E-state index is 3.72. The largest absolute Gasteiger partial charge is 0.315 e. The molecule has 3 rings (SSSR count). The van der Waals surface area contributed by atoms with E-state index in [2.05, 4.69) is 17.6 Å². The molecule has 2 unspecified atom stereocenters. The SMILES string of the molecule is CC1CCNC1CNCC1(C2CC2)CC1. The van der Waals surface area contributed by atoms with Crippen molar-refractivity contribution in [3.8, 4) is 0 Å².